The molecule has 0 unspecified atom stereocenters. The second-order valence-corrected chi connectivity index (χ2v) is 10.7. The van der Waals surface area contributed by atoms with Crippen molar-refractivity contribution in [2.24, 2.45) is 0 Å². The minimum absolute atomic E-state index is 0.236. The van der Waals surface area contributed by atoms with E-state index in [1.54, 1.807) is 55.5 Å². The Bertz CT molecular complexity index is 1550. The molecule has 0 saturated carbocycles. The molecule has 3 aromatic carbocycles. The molecule has 13 heteroatoms. The maximum atomic E-state index is 13.2. The fraction of sp³-hybridized carbons (Fsp3) is 0.111. The van der Waals surface area contributed by atoms with Gasteiger partial charge in [-0.3, -0.25) is 19.7 Å². The van der Waals surface area contributed by atoms with Crippen molar-refractivity contribution in [1.29, 1.82) is 0 Å². The van der Waals surface area contributed by atoms with Crippen molar-refractivity contribution in [1.82, 2.24) is 5.32 Å². The molecule has 40 heavy (non-hydrogen) atoms. The lowest BCUT2D eigenvalue weighted by Gasteiger charge is -2.26. The number of hydrogen-bond donors (Lipinski definition) is 2. The Hall–Kier alpha value is -3.38. The third-order valence-electron chi connectivity index (χ3n) is 5.38. The third kappa shape index (κ3) is 6.84. The molecule has 0 atom stereocenters. The highest BCUT2D eigenvalue weighted by Gasteiger charge is 2.36. The van der Waals surface area contributed by atoms with Crippen molar-refractivity contribution in [2.75, 3.05) is 23.4 Å². The minimum Gasteiger partial charge on any atom is -0.490 e. The van der Waals surface area contributed by atoms with E-state index >= 15 is 0 Å². The molecule has 0 spiro atoms. The van der Waals surface area contributed by atoms with Crippen LogP contribution >= 0.6 is 55.1 Å². The van der Waals surface area contributed by atoms with Gasteiger partial charge in [0.15, 0.2) is 18.1 Å². The molecule has 1 saturated heterocycles. The van der Waals surface area contributed by atoms with Gasteiger partial charge in [-0.15, -0.1) is 0 Å². The van der Waals surface area contributed by atoms with Crippen LogP contribution in [0.5, 0.6) is 11.5 Å². The van der Waals surface area contributed by atoms with E-state index in [0.717, 1.165) is 9.37 Å². The molecule has 1 aliphatic heterocycles. The number of amides is 5. The lowest BCUT2D eigenvalue weighted by atomic mass is 10.1. The molecule has 1 fully saturated rings. The number of halogens is 4. The molecule has 0 radical (unpaired) electrons. The molecule has 3 aromatic rings. The van der Waals surface area contributed by atoms with Crippen molar-refractivity contribution in [3.05, 3.63) is 84.7 Å². The predicted molar refractivity (Wildman–Crippen MR) is 159 cm³/mol. The number of carbonyl (C=O) groups excluding carboxylic acids is 4. The lowest BCUT2D eigenvalue weighted by Crippen LogP contribution is -2.54. The van der Waals surface area contributed by atoms with Crippen LogP contribution in [0.15, 0.2) is 69.1 Å². The summed E-state index contributed by atoms with van der Waals surface area (Å²) in [6.45, 7) is 1.67. The number of barbiturate groups is 1. The average molecular weight is 712 g/mol. The quantitative estimate of drug-likeness (QED) is 0.201. The molecule has 9 nitrogen and oxygen atoms in total. The number of nitrogens with one attached hydrogen (secondary N) is 2. The number of anilines is 2. The maximum Gasteiger partial charge on any atom is 0.335 e. The van der Waals surface area contributed by atoms with Crippen molar-refractivity contribution >= 4 is 96.3 Å². The fourth-order valence-corrected chi connectivity index (χ4v) is 4.77. The van der Waals surface area contributed by atoms with Crippen LogP contribution in [0.3, 0.4) is 0 Å². The normalized spacial score (nSPS) is 14.3. The number of nitrogens with zero attached hydrogens (tertiary/aromatic N) is 1. The maximum absolute atomic E-state index is 13.2. The van der Waals surface area contributed by atoms with Gasteiger partial charge in [0.25, 0.3) is 17.7 Å². The topological polar surface area (TPSA) is 114 Å². The van der Waals surface area contributed by atoms with Gasteiger partial charge in [-0.2, -0.15) is 0 Å². The van der Waals surface area contributed by atoms with Crippen LogP contribution in [-0.2, 0) is 14.4 Å². The Labute approximate surface area is 255 Å². The van der Waals surface area contributed by atoms with Gasteiger partial charge in [0.1, 0.15) is 5.57 Å². The summed E-state index contributed by atoms with van der Waals surface area (Å²) in [6.07, 6.45) is 1.34. The first-order valence-electron chi connectivity index (χ1n) is 11.6. The molecule has 0 bridgehead atoms. The highest BCUT2D eigenvalue weighted by molar-refractivity contribution is 9.10. The van der Waals surface area contributed by atoms with E-state index < -0.39 is 23.8 Å². The summed E-state index contributed by atoms with van der Waals surface area (Å²) in [5, 5.41) is 5.50. The summed E-state index contributed by atoms with van der Waals surface area (Å²) in [7, 11) is 0. The molecular weight excluding hydrogens is 693 g/mol. The van der Waals surface area contributed by atoms with Crippen molar-refractivity contribution < 1.29 is 28.7 Å². The van der Waals surface area contributed by atoms with Crippen LogP contribution in [0.4, 0.5) is 16.2 Å². The van der Waals surface area contributed by atoms with E-state index in [0.29, 0.717) is 31.5 Å². The van der Waals surface area contributed by atoms with E-state index in [1.807, 2.05) is 0 Å². The van der Waals surface area contributed by atoms with Gasteiger partial charge in [0.05, 0.1) is 26.8 Å². The van der Waals surface area contributed by atoms with Gasteiger partial charge < -0.3 is 14.8 Å². The number of hydrogen-bond acceptors (Lipinski definition) is 6. The van der Waals surface area contributed by atoms with Crippen molar-refractivity contribution in [2.45, 2.75) is 6.92 Å². The van der Waals surface area contributed by atoms with Crippen LogP contribution in [0, 0.1) is 0 Å². The monoisotopic (exact) mass is 709 g/mol. The third-order valence-corrected chi connectivity index (χ3v) is 7.24. The summed E-state index contributed by atoms with van der Waals surface area (Å²) >= 11 is 18.6. The number of carbonyl (C=O) groups is 4. The standard InChI is InChI=1S/C27H19Br2Cl2N3O6/c1-2-39-22-11-14(9-18-25(36)33-27(38)34(26(18)37)17-6-3-15(28)4-7-17)10-19(29)24(22)40-13-23(35)32-16-5-8-20(30)21(31)12-16/h3-12H,2,13H2,1H3,(H,32,35)(H,33,36,38)/b18-9+. The predicted octanol–water partition coefficient (Wildman–Crippen LogP) is 6.60. The lowest BCUT2D eigenvalue weighted by molar-refractivity contribution is -0.122. The molecule has 206 valence electrons. The van der Waals surface area contributed by atoms with E-state index in [-0.39, 0.29) is 30.3 Å². The molecule has 0 aromatic heterocycles. The van der Waals surface area contributed by atoms with Crippen LogP contribution in [0.1, 0.15) is 12.5 Å². The zero-order chi connectivity index (χ0) is 29.0. The van der Waals surface area contributed by atoms with Gasteiger partial charge in [-0.1, -0.05) is 39.1 Å². The van der Waals surface area contributed by atoms with E-state index in [4.69, 9.17) is 32.7 Å². The average Bonchev–Trinajstić information content (AvgIpc) is 2.89. The summed E-state index contributed by atoms with van der Waals surface area (Å²) in [4.78, 5) is 51.6. The van der Waals surface area contributed by atoms with Gasteiger partial charge in [0, 0.05) is 10.2 Å². The Morgan fingerprint density at radius 2 is 1.73 bits per heavy atom. The van der Waals surface area contributed by atoms with Gasteiger partial charge in [-0.05, 0) is 89.1 Å². The fourth-order valence-electron chi connectivity index (χ4n) is 3.63. The Balaban J connectivity index is 1.57. The number of urea groups is 1. The zero-order valence-corrected chi connectivity index (χ0v) is 25.3. The first kappa shape index (κ1) is 29.6. The van der Waals surface area contributed by atoms with Crippen molar-refractivity contribution in [3.63, 3.8) is 0 Å². The summed E-state index contributed by atoms with van der Waals surface area (Å²) < 4.78 is 12.6. The Morgan fingerprint density at radius 3 is 2.40 bits per heavy atom. The molecular formula is C27H19Br2Cl2N3O6. The molecule has 4 rings (SSSR count). The summed E-state index contributed by atoms with van der Waals surface area (Å²) in [5.74, 6) is -1.59. The molecule has 2 N–H and O–H groups in total. The number of rotatable bonds is 8. The highest BCUT2D eigenvalue weighted by Crippen LogP contribution is 2.38. The number of imide groups is 2. The van der Waals surface area contributed by atoms with Gasteiger partial charge >= 0.3 is 6.03 Å². The van der Waals surface area contributed by atoms with Crippen LogP contribution in [-0.4, -0.2) is 37.0 Å². The zero-order valence-electron chi connectivity index (χ0n) is 20.6. The number of benzene rings is 3. The van der Waals surface area contributed by atoms with E-state index in [9.17, 15) is 19.2 Å². The van der Waals surface area contributed by atoms with Gasteiger partial charge in [-0.25, -0.2) is 9.69 Å². The summed E-state index contributed by atoms with van der Waals surface area (Å²) in [6, 6.07) is 13.4. The molecule has 5 amide bonds. The van der Waals surface area contributed by atoms with Gasteiger partial charge in [0.2, 0.25) is 0 Å². The first-order chi connectivity index (χ1) is 19.1. The van der Waals surface area contributed by atoms with E-state index in [2.05, 4.69) is 42.5 Å². The minimum atomic E-state index is -0.853. The second kappa shape index (κ2) is 12.9. The number of ether oxygens (including phenoxy) is 2. The molecule has 1 aliphatic rings. The smallest absolute Gasteiger partial charge is 0.335 e. The second-order valence-electron chi connectivity index (χ2n) is 8.16. The Morgan fingerprint density at radius 1 is 1.00 bits per heavy atom. The van der Waals surface area contributed by atoms with Crippen LogP contribution in [0.25, 0.3) is 6.08 Å². The highest BCUT2D eigenvalue weighted by atomic mass is 79.9. The molecule has 0 aliphatic carbocycles. The summed E-state index contributed by atoms with van der Waals surface area (Å²) in [5.41, 5.74) is 0.890. The van der Waals surface area contributed by atoms with Crippen LogP contribution in [0.2, 0.25) is 10.0 Å². The van der Waals surface area contributed by atoms with Crippen molar-refractivity contribution in [3.8, 4) is 11.5 Å². The SMILES string of the molecule is CCOc1cc(/C=C2\C(=O)NC(=O)N(c3ccc(Br)cc3)C2=O)cc(Br)c1OCC(=O)Nc1ccc(Cl)c(Cl)c1. The van der Waals surface area contributed by atoms with E-state index in [1.165, 1.54) is 12.1 Å². The first-order valence-corrected chi connectivity index (χ1v) is 13.9. The molecule has 1 heterocycles. The van der Waals surface area contributed by atoms with Crippen LogP contribution < -0.4 is 25.0 Å². The largest absolute Gasteiger partial charge is 0.490 e. The Kier molecular flexibility index (Phi) is 9.52.